The van der Waals surface area contributed by atoms with Gasteiger partial charge in [-0.05, 0) is 63.6 Å². The summed E-state index contributed by atoms with van der Waals surface area (Å²) in [7, 11) is 0. The summed E-state index contributed by atoms with van der Waals surface area (Å²) in [5, 5.41) is 8.12. The molecule has 0 aliphatic heterocycles. The average molecular weight is 486 g/mol. The third kappa shape index (κ3) is 10.2. The molecule has 35 heavy (non-hydrogen) atoms. The lowest BCUT2D eigenvalue weighted by molar-refractivity contribution is -0.116. The lowest BCUT2D eigenvalue weighted by atomic mass is 10.1. The Morgan fingerprint density at radius 2 is 1.60 bits per heavy atom. The predicted octanol–water partition coefficient (Wildman–Crippen LogP) is 4.01. The van der Waals surface area contributed by atoms with Gasteiger partial charge in [-0.25, -0.2) is 9.59 Å². The smallest absolute Gasteiger partial charge is 0.444 e. The van der Waals surface area contributed by atoms with Gasteiger partial charge in [0.2, 0.25) is 5.91 Å². The van der Waals surface area contributed by atoms with Crippen LogP contribution in [-0.2, 0) is 20.8 Å². The third-order valence-corrected chi connectivity index (χ3v) is 4.33. The first-order chi connectivity index (χ1) is 16.6. The number of carbonyl (C=O) groups excluding carboxylic acids is 4. The molecule has 2 aromatic carbocycles. The maximum atomic E-state index is 12.5. The first-order valence-electron chi connectivity index (χ1n) is 11.1. The van der Waals surface area contributed by atoms with Crippen LogP contribution in [0.1, 0.15) is 50.0 Å². The van der Waals surface area contributed by atoms with Crippen molar-refractivity contribution in [1.29, 1.82) is 0 Å². The van der Waals surface area contributed by atoms with Gasteiger partial charge in [-0.2, -0.15) is 0 Å². The Kier molecular flexibility index (Phi) is 10.1. The Hall–Kier alpha value is -4.08. The Labute approximate surface area is 204 Å². The van der Waals surface area contributed by atoms with Gasteiger partial charge in [0.25, 0.3) is 5.91 Å². The fraction of sp³-hybridized carbons (Fsp3) is 0.360. The lowest BCUT2D eigenvalue weighted by Gasteiger charge is -2.19. The van der Waals surface area contributed by atoms with E-state index in [1.165, 1.54) is 24.3 Å². The highest BCUT2D eigenvalue weighted by atomic mass is 16.7. The van der Waals surface area contributed by atoms with Crippen LogP contribution in [0.4, 0.5) is 15.3 Å². The number of para-hydroxylation sites is 1. The summed E-state index contributed by atoms with van der Waals surface area (Å²) in [5.74, 6) is -0.374. The highest BCUT2D eigenvalue weighted by Gasteiger charge is 2.16. The molecule has 2 rings (SSSR count). The molecule has 0 heterocycles. The Morgan fingerprint density at radius 1 is 0.914 bits per heavy atom. The number of ether oxygens (including phenoxy) is 3. The monoisotopic (exact) mass is 485 g/mol. The highest BCUT2D eigenvalue weighted by molar-refractivity contribution is 5.95. The summed E-state index contributed by atoms with van der Waals surface area (Å²) in [5.41, 5.74) is 1.01. The molecule has 2 aromatic rings. The van der Waals surface area contributed by atoms with Crippen LogP contribution >= 0.6 is 0 Å². The van der Waals surface area contributed by atoms with E-state index in [4.69, 9.17) is 14.2 Å². The molecule has 10 heteroatoms. The number of carbonyl (C=O) groups is 4. The minimum absolute atomic E-state index is 0.0557. The molecule has 0 aromatic heterocycles. The number of hydrogen-bond donors (Lipinski definition) is 3. The van der Waals surface area contributed by atoms with Crippen LogP contribution in [0.2, 0.25) is 0 Å². The van der Waals surface area contributed by atoms with E-state index in [9.17, 15) is 19.2 Å². The minimum Gasteiger partial charge on any atom is -0.444 e. The molecule has 0 saturated carbocycles. The van der Waals surface area contributed by atoms with Gasteiger partial charge in [-0.1, -0.05) is 18.2 Å². The summed E-state index contributed by atoms with van der Waals surface area (Å²) < 4.78 is 14.8. The van der Waals surface area contributed by atoms with Crippen LogP contribution in [0.15, 0.2) is 48.5 Å². The van der Waals surface area contributed by atoms with Gasteiger partial charge in [0.1, 0.15) is 11.4 Å². The van der Waals surface area contributed by atoms with Crippen LogP contribution in [0.3, 0.4) is 0 Å². The maximum Gasteiger partial charge on any atom is 0.513 e. The van der Waals surface area contributed by atoms with E-state index in [1.54, 1.807) is 52.0 Å². The quantitative estimate of drug-likeness (QED) is 0.361. The molecule has 10 nitrogen and oxygen atoms in total. The van der Waals surface area contributed by atoms with Crippen LogP contribution in [0.5, 0.6) is 5.75 Å². The Bertz CT molecular complexity index is 1030. The first kappa shape index (κ1) is 27.2. The van der Waals surface area contributed by atoms with Gasteiger partial charge in [0, 0.05) is 30.8 Å². The molecule has 0 bridgehead atoms. The Morgan fingerprint density at radius 3 is 2.26 bits per heavy atom. The molecule has 0 unspecified atom stereocenters. The lowest BCUT2D eigenvalue weighted by Crippen LogP contribution is -2.34. The normalized spacial score (nSPS) is 10.6. The average Bonchev–Trinajstić information content (AvgIpc) is 2.77. The molecular formula is C25H31N3O7. The van der Waals surface area contributed by atoms with Gasteiger partial charge in [0.15, 0.2) is 0 Å². The summed E-state index contributed by atoms with van der Waals surface area (Å²) in [4.78, 5) is 47.9. The Balaban J connectivity index is 1.86. The predicted molar refractivity (Wildman–Crippen MR) is 129 cm³/mol. The molecule has 0 atom stereocenters. The van der Waals surface area contributed by atoms with E-state index in [2.05, 4.69) is 16.0 Å². The molecule has 0 saturated heterocycles. The second-order valence-corrected chi connectivity index (χ2v) is 8.38. The topological polar surface area (TPSA) is 132 Å². The summed E-state index contributed by atoms with van der Waals surface area (Å²) >= 11 is 0. The number of nitrogens with one attached hydrogen (secondary N) is 3. The van der Waals surface area contributed by atoms with Gasteiger partial charge >= 0.3 is 12.2 Å². The van der Waals surface area contributed by atoms with Crippen LogP contribution in [-0.4, -0.2) is 42.8 Å². The number of alkyl carbamates (subject to hydrolysis) is 1. The summed E-state index contributed by atoms with van der Waals surface area (Å²) in [6, 6.07) is 13.1. The van der Waals surface area contributed by atoms with E-state index in [1.807, 2.05) is 0 Å². The maximum absolute atomic E-state index is 12.5. The van der Waals surface area contributed by atoms with Crippen molar-refractivity contribution in [1.82, 2.24) is 10.6 Å². The van der Waals surface area contributed by atoms with Crippen molar-refractivity contribution < 1.29 is 33.4 Å². The third-order valence-electron chi connectivity index (χ3n) is 4.33. The largest absolute Gasteiger partial charge is 0.513 e. The van der Waals surface area contributed by atoms with Crippen molar-refractivity contribution in [3.63, 3.8) is 0 Å². The fourth-order valence-corrected chi connectivity index (χ4v) is 2.80. The van der Waals surface area contributed by atoms with Crippen molar-refractivity contribution in [2.45, 2.75) is 46.3 Å². The van der Waals surface area contributed by atoms with E-state index in [0.717, 1.165) is 0 Å². The van der Waals surface area contributed by atoms with Gasteiger partial charge < -0.3 is 30.2 Å². The number of benzene rings is 2. The molecule has 188 valence electrons. The first-order valence-corrected chi connectivity index (χ1v) is 11.1. The molecule has 3 N–H and O–H groups in total. The van der Waals surface area contributed by atoms with Gasteiger partial charge in [-0.15, -0.1) is 0 Å². The fourth-order valence-electron chi connectivity index (χ4n) is 2.80. The summed E-state index contributed by atoms with van der Waals surface area (Å²) in [6.45, 7) is 7.43. The zero-order valence-electron chi connectivity index (χ0n) is 20.3. The standard InChI is InChI=1S/C25H31N3O7/c1-5-33-24(32)34-19-12-10-17(11-13-19)22(30)27-16-18-8-6-7-9-20(18)28-21(29)14-15-26-23(31)35-25(2,3)4/h6-13H,5,14-16H2,1-4H3,(H,26,31)(H,27,30)(H,28,29). The second-order valence-electron chi connectivity index (χ2n) is 8.38. The van der Waals surface area contributed by atoms with Crippen LogP contribution in [0.25, 0.3) is 0 Å². The molecule has 0 aliphatic rings. The zero-order chi connectivity index (χ0) is 25.8. The van der Waals surface area contributed by atoms with E-state index >= 15 is 0 Å². The van der Waals surface area contributed by atoms with Crippen molar-refractivity contribution in [2.24, 2.45) is 0 Å². The van der Waals surface area contributed by atoms with E-state index in [0.29, 0.717) is 16.8 Å². The van der Waals surface area contributed by atoms with Crippen molar-refractivity contribution in [3.05, 3.63) is 59.7 Å². The zero-order valence-corrected chi connectivity index (χ0v) is 20.3. The van der Waals surface area contributed by atoms with Crippen LogP contribution in [0, 0.1) is 0 Å². The van der Waals surface area contributed by atoms with E-state index in [-0.39, 0.29) is 43.7 Å². The van der Waals surface area contributed by atoms with Crippen molar-refractivity contribution in [2.75, 3.05) is 18.5 Å². The van der Waals surface area contributed by atoms with Crippen molar-refractivity contribution >= 4 is 29.8 Å². The van der Waals surface area contributed by atoms with Gasteiger partial charge in [0.05, 0.1) is 6.61 Å². The molecule has 0 fully saturated rings. The van der Waals surface area contributed by atoms with Crippen molar-refractivity contribution in [3.8, 4) is 5.75 Å². The number of rotatable bonds is 9. The number of anilines is 1. The molecular weight excluding hydrogens is 454 g/mol. The number of amides is 3. The molecule has 0 spiro atoms. The SMILES string of the molecule is CCOC(=O)Oc1ccc(C(=O)NCc2ccccc2NC(=O)CCNC(=O)OC(C)(C)C)cc1. The molecule has 0 aliphatic carbocycles. The minimum atomic E-state index is -0.816. The van der Waals surface area contributed by atoms with Gasteiger partial charge in [-0.3, -0.25) is 9.59 Å². The molecule has 3 amide bonds. The second kappa shape index (κ2) is 13.0. The van der Waals surface area contributed by atoms with E-state index < -0.39 is 17.8 Å². The number of hydrogen-bond acceptors (Lipinski definition) is 7. The molecule has 0 radical (unpaired) electrons. The summed E-state index contributed by atoms with van der Waals surface area (Å²) in [6.07, 6.45) is -1.35. The van der Waals surface area contributed by atoms with Crippen LogP contribution < -0.4 is 20.7 Å². The highest BCUT2D eigenvalue weighted by Crippen LogP contribution is 2.16.